The van der Waals surface area contributed by atoms with Crippen LogP contribution in [-0.2, 0) is 0 Å². The Kier molecular flexibility index (Phi) is 6.83. The lowest BCUT2D eigenvalue weighted by Gasteiger charge is -2.21. The van der Waals surface area contributed by atoms with Crippen LogP contribution in [0.15, 0.2) is 97.6 Å². The van der Waals surface area contributed by atoms with Crippen molar-refractivity contribution < 1.29 is 0 Å². The fourth-order valence-electron chi connectivity index (χ4n) is 3.34. The average molecular weight is 396 g/mol. The Bertz CT molecular complexity index is 833. The summed E-state index contributed by atoms with van der Waals surface area (Å²) in [5.74, 6) is 0. The van der Waals surface area contributed by atoms with E-state index in [0.29, 0.717) is 0 Å². The van der Waals surface area contributed by atoms with Crippen LogP contribution in [0.3, 0.4) is 0 Å². The second-order valence-electron chi connectivity index (χ2n) is 6.79. The molecular weight excluding hydrogens is 372 g/mol. The lowest BCUT2D eigenvalue weighted by Crippen LogP contribution is -2.34. The topological polar surface area (TPSA) is 75.6 Å². The lowest BCUT2D eigenvalue weighted by molar-refractivity contribution is 0.518. The van der Waals surface area contributed by atoms with Gasteiger partial charge in [0.15, 0.2) is 0 Å². The summed E-state index contributed by atoms with van der Waals surface area (Å²) < 4.78 is 0. The molecule has 30 heavy (non-hydrogen) atoms. The van der Waals surface area contributed by atoms with E-state index in [1.807, 2.05) is 97.6 Å². The molecule has 2 N–H and O–H groups in total. The van der Waals surface area contributed by atoms with Gasteiger partial charge in [-0.3, -0.25) is 19.9 Å². The van der Waals surface area contributed by atoms with Crippen molar-refractivity contribution in [3.8, 4) is 0 Å². The minimum absolute atomic E-state index is 0.0719. The number of nitrogens with one attached hydrogen (secondary N) is 2. The maximum Gasteiger partial charge on any atom is 0.0925 e. The molecule has 0 atom stereocenters. The molecule has 0 aliphatic heterocycles. The van der Waals surface area contributed by atoms with Crippen LogP contribution in [0.2, 0.25) is 0 Å². The molecule has 0 spiro atoms. The highest BCUT2D eigenvalue weighted by Crippen LogP contribution is 2.19. The Morgan fingerprint density at radius 1 is 0.467 bits per heavy atom. The molecule has 6 heteroatoms. The van der Waals surface area contributed by atoms with Crippen molar-refractivity contribution in [3.63, 3.8) is 0 Å². The van der Waals surface area contributed by atoms with Crippen LogP contribution in [-0.4, -0.2) is 33.0 Å². The van der Waals surface area contributed by atoms with Crippen LogP contribution < -0.4 is 10.6 Å². The third-order valence-electron chi connectivity index (χ3n) is 4.76. The summed E-state index contributed by atoms with van der Waals surface area (Å²) in [4.78, 5) is 18.1. The molecule has 0 aromatic carbocycles. The standard InChI is InChI=1S/C24H24N6/c1-5-13-25-19(9-1)23(20-10-2-6-14-26-20)29-17-18-30-24(21-11-3-7-15-27-21)22-12-4-8-16-28-22/h1-16,23-24,29-30H,17-18H2. The van der Waals surface area contributed by atoms with Gasteiger partial charge in [-0.1, -0.05) is 24.3 Å². The number of rotatable bonds is 9. The van der Waals surface area contributed by atoms with Crippen LogP contribution in [0.1, 0.15) is 34.9 Å². The number of aromatic nitrogens is 4. The maximum atomic E-state index is 4.52. The van der Waals surface area contributed by atoms with Crippen molar-refractivity contribution in [2.75, 3.05) is 13.1 Å². The van der Waals surface area contributed by atoms with E-state index in [-0.39, 0.29) is 12.1 Å². The van der Waals surface area contributed by atoms with Crippen molar-refractivity contribution >= 4 is 0 Å². The Morgan fingerprint density at radius 3 is 1.00 bits per heavy atom. The molecule has 6 nitrogen and oxygen atoms in total. The molecule has 0 fully saturated rings. The summed E-state index contributed by atoms with van der Waals surface area (Å²) in [5, 5.41) is 7.16. The number of nitrogens with zero attached hydrogens (tertiary/aromatic N) is 4. The van der Waals surface area contributed by atoms with Gasteiger partial charge in [0, 0.05) is 37.9 Å². The second-order valence-corrected chi connectivity index (χ2v) is 6.79. The lowest BCUT2D eigenvalue weighted by atomic mass is 10.1. The Balaban J connectivity index is 1.45. The molecule has 4 heterocycles. The van der Waals surface area contributed by atoms with Crippen LogP contribution >= 0.6 is 0 Å². The monoisotopic (exact) mass is 396 g/mol. The van der Waals surface area contributed by atoms with E-state index in [4.69, 9.17) is 0 Å². The average Bonchev–Trinajstić information content (AvgIpc) is 2.84. The zero-order valence-electron chi connectivity index (χ0n) is 16.6. The molecule has 0 radical (unpaired) electrons. The molecule has 0 saturated heterocycles. The van der Waals surface area contributed by atoms with E-state index in [0.717, 1.165) is 35.9 Å². The van der Waals surface area contributed by atoms with Gasteiger partial charge in [0.05, 0.1) is 34.9 Å². The van der Waals surface area contributed by atoms with Gasteiger partial charge in [0.1, 0.15) is 0 Å². The summed E-state index contributed by atoms with van der Waals surface area (Å²) in [6.45, 7) is 1.46. The first-order valence-electron chi connectivity index (χ1n) is 10.0. The summed E-state index contributed by atoms with van der Waals surface area (Å²) in [6, 6.07) is 23.6. The highest BCUT2D eigenvalue weighted by molar-refractivity contribution is 5.23. The second kappa shape index (κ2) is 10.3. The van der Waals surface area contributed by atoms with E-state index >= 15 is 0 Å². The zero-order valence-corrected chi connectivity index (χ0v) is 16.6. The van der Waals surface area contributed by atoms with Crippen molar-refractivity contribution in [2.45, 2.75) is 12.1 Å². The first-order valence-corrected chi connectivity index (χ1v) is 10.0. The van der Waals surface area contributed by atoms with Crippen molar-refractivity contribution in [1.82, 2.24) is 30.6 Å². The van der Waals surface area contributed by atoms with E-state index in [9.17, 15) is 0 Å². The number of hydrogen-bond acceptors (Lipinski definition) is 6. The summed E-state index contributed by atoms with van der Waals surface area (Å²) >= 11 is 0. The minimum Gasteiger partial charge on any atom is -0.302 e. The summed E-state index contributed by atoms with van der Waals surface area (Å²) in [5.41, 5.74) is 3.79. The maximum absolute atomic E-state index is 4.52. The van der Waals surface area contributed by atoms with E-state index < -0.39 is 0 Å². The first-order chi connectivity index (χ1) is 14.9. The third-order valence-corrected chi connectivity index (χ3v) is 4.76. The van der Waals surface area contributed by atoms with Gasteiger partial charge in [0.25, 0.3) is 0 Å². The van der Waals surface area contributed by atoms with Gasteiger partial charge in [0.2, 0.25) is 0 Å². The highest BCUT2D eigenvalue weighted by atomic mass is 15.0. The molecule has 0 unspecified atom stereocenters. The highest BCUT2D eigenvalue weighted by Gasteiger charge is 2.18. The molecule has 0 aliphatic carbocycles. The number of hydrogen-bond donors (Lipinski definition) is 2. The molecule has 4 aromatic heterocycles. The molecule has 150 valence electrons. The minimum atomic E-state index is -0.0719. The van der Waals surface area contributed by atoms with Gasteiger partial charge in [-0.2, -0.15) is 0 Å². The predicted molar refractivity (Wildman–Crippen MR) is 117 cm³/mol. The molecular formula is C24H24N6. The largest absolute Gasteiger partial charge is 0.302 e. The smallest absolute Gasteiger partial charge is 0.0925 e. The molecule has 4 aromatic rings. The quantitative estimate of drug-likeness (QED) is 0.423. The van der Waals surface area contributed by atoms with Gasteiger partial charge in [-0.25, -0.2) is 0 Å². The fourth-order valence-corrected chi connectivity index (χ4v) is 3.34. The van der Waals surface area contributed by atoms with Gasteiger partial charge >= 0.3 is 0 Å². The van der Waals surface area contributed by atoms with Gasteiger partial charge < -0.3 is 10.6 Å². The zero-order chi connectivity index (χ0) is 20.4. The van der Waals surface area contributed by atoms with Gasteiger partial charge in [-0.15, -0.1) is 0 Å². The fraction of sp³-hybridized carbons (Fsp3) is 0.167. The van der Waals surface area contributed by atoms with Crippen LogP contribution in [0.25, 0.3) is 0 Å². The molecule has 0 saturated carbocycles. The SMILES string of the molecule is c1ccc(C(NCCNC(c2ccccn2)c2ccccn2)c2ccccn2)nc1. The molecule has 0 bridgehead atoms. The van der Waals surface area contributed by atoms with Gasteiger partial charge in [-0.05, 0) is 48.5 Å². The van der Waals surface area contributed by atoms with E-state index in [2.05, 4.69) is 30.6 Å². The van der Waals surface area contributed by atoms with Crippen LogP contribution in [0.4, 0.5) is 0 Å². The Hall–Kier alpha value is -3.48. The first kappa shape index (κ1) is 19.8. The van der Waals surface area contributed by atoms with Crippen molar-refractivity contribution in [2.24, 2.45) is 0 Å². The van der Waals surface area contributed by atoms with Crippen LogP contribution in [0, 0.1) is 0 Å². The Morgan fingerprint density at radius 2 is 0.767 bits per heavy atom. The predicted octanol–water partition coefficient (Wildman–Crippen LogP) is 3.32. The third kappa shape index (κ3) is 5.11. The molecule has 0 aliphatic rings. The molecule has 4 rings (SSSR count). The number of pyridine rings is 4. The van der Waals surface area contributed by atoms with Crippen LogP contribution in [0.5, 0.6) is 0 Å². The summed E-state index contributed by atoms with van der Waals surface area (Å²) in [7, 11) is 0. The normalized spacial score (nSPS) is 11.1. The molecule has 0 amide bonds. The van der Waals surface area contributed by atoms with Crippen molar-refractivity contribution in [3.05, 3.63) is 120 Å². The Labute approximate surface area is 176 Å². The summed E-state index contributed by atoms with van der Waals surface area (Å²) in [6.07, 6.45) is 7.24. The van der Waals surface area contributed by atoms with E-state index in [1.54, 1.807) is 0 Å². The van der Waals surface area contributed by atoms with E-state index in [1.165, 1.54) is 0 Å². The van der Waals surface area contributed by atoms with Crippen molar-refractivity contribution in [1.29, 1.82) is 0 Å².